The van der Waals surface area contributed by atoms with Crippen LogP contribution in [0.2, 0.25) is 0 Å². The Kier molecular flexibility index (Phi) is 4.69. The summed E-state index contributed by atoms with van der Waals surface area (Å²) in [6.45, 7) is 2.55. The smallest absolute Gasteiger partial charge is 0.153 e. The standard InChI is InChI=1S/C9H20N4O/c1-13-5-3-2-4-8(13)6-11-7-9(10)12-14/h8,11,14H,2-7H2,1H3,(H2,10,12). The molecule has 0 aromatic rings. The van der Waals surface area contributed by atoms with E-state index in [4.69, 9.17) is 10.9 Å². The van der Waals surface area contributed by atoms with E-state index in [9.17, 15) is 0 Å². The van der Waals surface area contributed by atoms with E-state index in [0.29, 0.717) is 12.6 Å². The minimum Gasteiger partial charge on any atom is -0.409 e. The van der Waals surface area contributed by atoms with Gasteiger partial charge in [0.25, 0.3) is 0 Å². The Morgan fingerprint density at radius 3 is 3.07 bits per heavy atom. The molecule has 0 saturated carbocycles. The van der Waals surface area contributed by atoms with Crippen molar-refractivity contribution in [3.05, 3.63) is 0 Å². The Balaban J connectivity index is 2.16. The molecule has 4 N–H and O–H groups in total. The fourth-order valence-corrected chi connectivity index (χ4v) is 1.80. The van der Waals surface area contributed by atoms with Crippen LogP contribution in [-0.2, 0) is 0 Å². The van der Waals surface area contributed by atoms with Gasteiger partial charge in [-0.25, -0.2) is 0 Å². The van der Waals surface area contributed by atoms with Gasteiger partial charge < -0.3 is 21.2 Å². The SMILES string of the molecule is CN1CCCCC1CNCC(N)=NO. The van der Waals surface area contributed by atoms with Crippen molar-refractivity contribution >= 4 is 5.84 Å². The van der Waals surface area contributed by atoms with Gasteiger partial charge in [0.2, 0.25) is 0 Å². The van der Waals surface area contributed by atoms with E-state index in [1.165, 1.54) is 25.8 Å². The minimum absolute atomic E-state index is 0.239. The largest absolute Gasteiger partial charge is 0.409 e. The Morgan fingerprint density at radius 1 is 1.64 bits per heavy atom. The van der Waals surface area contributed by atoms with Crippen molar-refractivity contribution in [3.63, 3.8) is 0 Å². The van der Waals surface area contributed by atoms with Crippen LogP contribution in [0.1, 0.15) is 19.3 Å². The second kappa shape index (κ2) is 5.82. The van der Waals surface area contributed by atoms with Crippen molar-refractivity contribution in [3.8, 4) is 0 Å². The highest BCUT2D eigenvalue weighted by Crippen LogP contribution is 2.13. The molecule has 0 aromatic heterocycles. The number of rotatable bonds is 4. The van der Waals surface area contributed by atoms with Gasteiger partial charge >= 0.3 is 0 Å². The van der Waals surface area contributed by atoms with Gasteiger partial charge in [0.15, 0.2) is 5.84 Å². The maximum atomic E-state index is 8.34. The first-order valence-electron chi connectivity index (χ1n) is 5.11. The third-order valence-electron chi connectivity index (χ3n) is 2.74. The molecule has 1 atom stereocenters. The van der Waals surface area contributed by atoms with E-state index in [1.54, 1.807) is 0 Å². The van der Waals surface area contributed by atoms with Crippen LogP contribution in [0.25, 0.3) is 0 Å². The molecule has 0 spiro atoms. The number of nitrogens with zero attached hydrogens (tertiary/aromatic N) is 2. The lowest BCUT2D eigenvalue weighted by molar-refractivity contribution is 0.183. The number of hydrogen-bond acceptors (Lipinski definition) is 4. The van der Waals surface area contributed by atoms with Crippen molar-refractivity contribution < 1.29 is 5.21 Å². The number of nitrogens with two attached hydrogens (primary N) is 1. The summed E-state index contributed by atoms with van der Waals surface area (Å²) in [7, 11) is 2.15. The van der Waals surface area contributed by atoms with E-state index in [0.717, 1.165) is 6.54 Å². The number of piperidine rings is 1. The van der Waals surface area contributed by atoms with Gasteiger partial charge in [-0.3, -0.25) is 0 Å². The fraction of sp³-hybridized carbons (Fsp3) is 0.889. The number of hydrogen-bond donors (Lipinski definition) is 3. The van der Waals surface area contributed by atoms with Gasteiger partial charge in [-0.15, -0.1) is 0 Å². The normalized spacial score (nSPS) is 25.2. The highest BCUT2D eigenvalue weighted by molar-refractivity contribution is 5.81. The number of likely N-dealkylation sites (N-methyl/N-ethyl adjacent to an activating group) is 1. The third-order valence-corrected chi connectivity index (χ3v) is 2.74. The van der Waals surface area contributed by atoms with Crippen molar-refractivity contribution in [2.24, 2.45) is 10.9 Å². The zero-order valence-corrected chi connectivity index (χ0v) is 8.74. The molecule has 0 radical (unpaired) electrons. The predicted octanol–water partition coefficient (Wildman–Crippen LogP) is -0.193. The van der Waals surface area contributed by atoms with Gasteiger partial charge in [-0.1, -0.05) is 11.6 Å². The molecule has 1 fully saturated rings. The zero-order valence-electron chi connectivity index (χ0n) is 8.74. The fourth-order valence-electron chi connectivity index (χ4n) is 1.80. The van der Waals surface area contributed by atoms with Crippen LogP contribution < -0.4 is 11.1 Å². The quantitative estimate of drug-likeness (QED) is 0.254. The van der Waals surface area contributed by atoms with Gasteiger partial charge in [0, 0.05) is 12.6 Å². The topological polar surface area (TPSA) is 73.9 Å². The molecule has 5 nitrogen and oxygen atoms in total. The van der Waals surface area contributed by atoms with Gasteiger partial charge in [-0.2, -0.15) is 0 Å². The molecule has 82 valence electrons. The summed E-state index contributed by atoms with van der Waals surface area (Å²) >= 11 is 0. The van der Waals surface area contributed by atoms with Crippen LogP contribution in [-0.4, -0.2) is 48.7 Å². The zero-order chi connectivity index (χ0) is 10.4. The van der Waals surface area contributed by atoms with E-state index in [2.05, 4.69) is 22.4 Å². The van der Waals surface area contributed by atoms with Crippen molar-refractivity contribution in [1.29, 1.82) is 0 Å². The first-order valence-corrected chi connectivity index (χ1v) is 5.11. The summed E-state index contributed by atoms with van der Waals surface area (Å²) in [4.78, 5) is 2.36. The summed E-state index contributed by atoms with van der Waals surface area (Å²) in [5.74, 6) is 0.239. The lowest BCUT2D eigenvalue weighted by atomic mass is 10.0. The van der Waals surface area contributed by atoms with Crippen LogP contribution in [0, 0.1) is 0 Å². The summed E-state index contributed by atoms with van der Waals surface area (Å²) in [5, 5.41) is 14.4. The number of oxime groups is 1. The molecule has 0 amide bonds. The lowest BCUT2D eigenvalue weighted by Crippen LogP contribution is -2.44. The molecule has 1 aliphatic heterocycles. The summed E-state index contributed by atoms with van der Waals surface area (Å²) in [6.07, 6.45) is 3.84. The average Bonchev–Trinajstić information content (AvgIpc) is 2.20. The van der Waals surface area contributed by atoms with Crippen LogP contribution in [0.5, 0.6) is 0 Å². The molecule has 1 heterocycles. The second-order valence-electron chi connectivity index (χ2n) is 3.85. The average molecular weight is 200 g/mol. The number of nitrogens with one attached hydrogen (secondary N) is 1. The minimum atomic E-state index is 0.239. The highest BCUT2D eigenvalue weighted by atomic mass is 16.4. The summed E-state index contributed by atoms with van der Waals surface area (Å²) in [6, 6.07) is 0.593. The van der Waals surface area contributed by atoms with Gasteiger partial charge in [0.1, 0.15) is 0 Å². The summed E-state index contributed by atoms with van der Waals surface area (Å²) in [5.41, 5.74) is 5.35. The third kappa shape index (κ3) is 3.51. The van der Waals surface area contributed by atoms with E-state index >= 15 is 0 Å². The van der Waals surface area contributed by atoms with E-state index in [1.807, 2.05) is 0 Å². The second-order valence-corrected chi connectivity index (χ2v) is 3.85. The monoisotopic (exact) mass is 200 g/mol. The van der Waals surface area contributed by atoms with Crippen LogP contribution >= 0.6 is 0 Å². The van der Waals surface area contributed by atoms with Crippen LogP contribution in [0.4, 0.5) is 0 Å². The molecular weight excluding hydrogens is 180 g/mol. The molecular formula is C9H20N4O. The Labute approximate surface area is 84.9 Å². The Bertz CT molecular complexity index is 195. The number of amidine groups is 1. The molecule has 0 bridgehead atoms. The lowest BCUT2D eigenvalue weighted by Gasteiger charge is -2.32. The molecule has 1 rings (SSSR count). The molecule has 1 aliphatic rings. The van der Waals surface area contributed by atoms with Crippen molar-refractivity contribution in [2.75, 3.05) is 26.7 Å². The van der Waals surface area contributed by atoms with E-state index < -0.39 is 0 Å². The highest BCUT2D eigenvalue weighted by Gasteiger charge is 2.17. The summed E-state index contributed by atoms with van der Waals surface area (Å²) < 4.78 is 0. The molecule has 5 heteroatoms. The maximum Gasteiger partial charge on any atom is 0.153 e. The van der Waals surface area contributed by atoms with Crippen LogP contribution in [0.15, 0.2) is 5.16 Å². The molecule has 0 aromatic carbocycles. The van der Waals surface area contributed by atoms with Crippen molar-refractivity contribution in [2.45, 2.75) is 25.3 Å². The predicted molar refractivity (Wildman–Crippen MR) is 56.5 cm³/mol. The molecule has 1 unspecified atom stereocenters. The van der Waals surface area contributed by atoms with Crippen molar-refractivity contribution in [1.82, 2.24) is 10.2 Å². The molecule has 14 heavy (non-hydrogen) atoms. The molecule has 0 aliphatic carbocycles. The Hall–Kier alpha value is -0.810. The molecule has 1 saturated heterocycles. The van der Waals surface area contributed by atoms with E-state index in [-0.39, 0.29) is 5.84 Å². The first-order chi connectivity index (χ1) is 6.74. The van der Waals surface area contributed by atoms with Gasteiger partial charge in [0.05, 0.1) is 6.54 Å². The number of likely N-dealkylation sites (tertiary alicyclic amines) is 1. The maximum absolute atomic E-state index is 8.34. The van der Waals surface area contributed by atoms with Gasteiger partial charge in [-0.05, 0) is 26.4 Å². The van der Waals surface area contributed by atoms with Crippen LogP contribution in [0.3, 0.4) is 0 Å². The Morgan fingerprint density at radius 2 is 2.43 bits per heavy atom. The first kappa shape index (κ1) is 11.3.